The number of aromatic nitrogens is 1. The van der Waals surface area contributed by atoms with Crippen molar-refractivity contribution >= 4 is 33.4 Å². The van der Waals surface area contributed by atoms with Crippen LogP contribution in [-0.4, -0.2) is 16.4 Å². The minimum absolute atomic E-state index is 0.122. The number of amides is 2. The number of nitrogens with zero attached hydrogens (tertiary/aromatic N) is 2. The van der Waals surface area contributed by atoms with Crippen LogP contribution < -0.4 is 10.1 Å². The number of hydrogen-bond donors (Lipinski definition) is 1. The van der Waals surface area contributed by atoms with Crippen molar-refractivity contribution in [2.75, 3.05) is 0 Å². The monoisotopic (exact) mass is 367 g/mol. The van der Waals surface area contributed by atoms with Gasteiger partial charge in [-0.3, -0.25) is 9.59 Å². The summed E-state index contributed by atoms with van der Waals surface area (Å²) in [6.07, 6.45) is 0.122. The first kappa shape index (κ1) is 18.1. The highest BCUT2D eigenvalue weighted by Gasteiger charge is 2.17. The molecule has 0 radical (unpaired) electrons. The number of carbonyl (C=O) groups is 2. The van der Waals surface area contributed by atoms with E-state index >= 15 is 0 Å². The standard InChI is InChI=1S/C20H21N3O2S/c1-13-8-10-15(11-9-13)16(21-14(2)24)12-19(25)22-20-23(3)17-6-4-5-7-18(17)26-20/h4-11,16H,12H2,1-3H3,(H,21,24). The second kappa shape index (κ2) is 7.66. The number of hydrogen-bond acceptors (Lipinski definition) is 3. The van der Waals surface area contributed by atoms with E-state index in [9.17, 15) is 9.59 Å². The van der Waals surface area contributed by atoms with Gasteiger partial charge in [0.25, 0.3) is 5.91 Å². The summed E-state index contributed by atoms with van der Waals surface area (Å²) >= 11 is 1.48. The molecule has 3 rings (SSSR count). The largest absolute Gasteiger partial charge is 0.349 e. The molecule has 0 spiro atoms. The SMILES string of the molecule is CC(=O)NC(CC(=O)N=c1sc2ccccc2n1C)c1ccc(C)cc1. The Balaban J connectivity index is 1.88. The summed E-state index contributed by atoms with van der Waals surface area (Å²) in [5, 5.41) is 2.85. The van der Waals surface area contributed by atoms with Gasteiger partial charge >= 0.3 is 0 Å². The van der Waals surface area contributed by atoms with Gasteiger partial charge in [0.2, 0.25) is 5.91 Å². The Bertz CT molecular complexity index is 1020. The molecule has 26 heavy (non-hydrogen) atoms. The molecule has 1 unspecified atom stereocenters. The molecule has 134 valence electrons. The molecule has 1 aromatic heterocycles. The summed E-state index contributed by atoms with van der Waals surface area (Å²) in [4.78, 5) is 29.0. The number of nitrogens with one attached hydrogen (secondary N) is 1. The van der Waals surface area contributed by atoms with Crippen LogP contribution in [-0.2, 0) is 16.6 Å². The van der Waals surface area contributed by atoms with Crippen LogP contribution >= 0.6 is 11.3 Å². The lowest BCUT2D eigenvalue weighted by Gasteiger charge is -2.16. The van der Waals surface area contributed by atoms with Crippen LogP contribution in [0.1, 0.15) is 30.5 Å². The maximum atomic E-state index is 12.5. The highest BCUT2D eigenvalue weighted by atomic mass is 32.1. The molecule has 0 saturated carbocycles. The number of fused-ring (bicyclic) bond motifs is 1. The molecule has 0 aliphatic carbocycles. The lowest BCUT2D eigenvalue weighted by atomic mass is 10.0. The first-order valence-corrected chi connectivity index (χ1v) is 9.21. The van der Waals surface area contributed by atoms with Crippen molar-refractivity contribution < 1.29 is 9.59 Å². The fraction of sp³-hybridized carbons (Fsp3) is 0.250. The number of rotatable bonds is 4. The van der Waals surface area contributed by atoms with Crippen LogP contribution in [0.2, 0.25) is 0 Å². The number of benzene rings is 2. The number of aryl methyl sites for hydroxylation is 2. The summed E-state index contributed by atoms with van der Waals surface area (Å²) in [7, 11) is 1.90. The smallest absolute Gasteiger partial charge is 0.250 e. The average Bonchev–Trinajstić information content (AvgIpc) is 2.91. The Morgan fingerprint density at radius 2 is 1.85 bits per heavy atom. The van der Waals surface area contributed by atoms with Crippen LogP contribution in [0.25, 0.3) is 10.2 Å². The van der Waals surface area contributed by atoms with Crippen molar-refractivity contribution in [1.29, 1.82) is 0 Å². The summed E-state index contributed by atoms with van der Waals surface area (Å²) in [5.74, 6) is -0.428. The zero-order valence-electron chi connectivity index (χ0n) is 15.0. The maximum Gasteiger partial charge on any atom is 0.250 e. The summed E-state index contributed by atoms with van der Waals surface area (Å²) in [5.41, 5.74) is 3.07. The van der Waals surface area contributed by atoms with Gasteiger partial charge in [-0.2, -0.15) is 4.99 Å². The minimum atomic E-state index is -0.385. The second-order valence-corrected chi connectivity index (χ2v) is 7.29. The van der Waals surface area contributed by atoms with Crippen molar-refractivity contribution in [1.82, 2.24) is 9.88 Å². The zero-order chi connectivity index (χ0) is 18.7. The molecule has 1 heterocycles. The van der Waals surface area contributed by atoms with Gasteiger partial charge in [-0.15, -0.1) is 0 Å². The van der Waals surface area contributed by atoms with Crippen molar-refractivity contribution in [3.63, 3.8) is 0 Å². The normalized spacial score (nSPS) is 13.0. The summed E-state index contributed by atoms with van der Waals surface area (Å²) in [6.45, 7) is 3.45. The van der Waals surface area contributed by atoms with Crippen molar-refractivity contribution in [3.8, 4) is 0 Å². The molecule has 2 aromatic carbocycles. The quantitative estimate of drug-likeness (QED) is 0.769. The lowest BCUT2D eigenvalue weighted by molar-refractivity contribution is -0.121. The van der Waals surface area contributed by atoms with Gasteiger partial charge in [0.05, 0.1) is 22.7 Å². The predicted octanol–water partition coefficient (Wildman–Crippen LogP) is 3.24. The second-order valence-electron chi connectivity index (χ2n) is 6.28. The van der Waals surface area contributed by atoms with Crippen LogP contribution in [0.4, 0.5) is 0 Å². The van der Waals surface area contributed by atoms with E-state index in [0.717, 1.165) is 21.3 Å². The molecule has 6 heteroatoms. The number of thiazole rings is 1. The molecule has 0 aliphatic heterocycles. The van der Waals surface area contributed by atoms with Crippen molar-refractivity contribution in [2.45, 2.75) is 26.3 Å². The van der Waals surface area contributed by atoms with Crippen LogP contribution in [0, 0.1) is 6.92 Å². The van der Waals surface area contributed by atoms with Gasteiger partial charge in [-0.25, -0.2) is 0 Å². The molecule has 1 atom stereocenters. The van der Waals surface area contributed by atoms with Crippen molar-refractivity contribution in [3.05, 3.63) is 64.5 Å². The predicted molar refractivity (Wildman–Crippen MR) is 104 cm³/mol. The third kappa shape index (κ3) is 4.08. The van der Waals surface area contributed by atoms with Gasteiger partial charge in [-0.05, 0) is 24.6 Å². The Morgan fingerprint density at radius 1 is 1.15 bits per heavy atom. The summed E-state index contributed by atoms with van der Waals surface area (Å²) in [6, 6.07) is 15.4. The zero-order valence-corrected chi connectivity index (χ0v) is 15.8. The molecule has 2 amide bonds. The molecule has 5 nitrogen and oxygen atoms in total. The Kier molecular flexibility index (Phi) is 5.32. The Hall–Kier alpha value is -2.73. The molecule has 0 fully saturated rings. The van der Waals surface area contributed by atoms with Crippen molar-refractivity contribution in [2.24, 2.45) is 12.0 Å². The van der Waals surface area contributed by atoms with Gasteiger partial charge in [0.15, 0.2) is 4.80 Å². The van der Waals surface area contributed by atoms with Crippen LogP contribution in [0.15, 0.2) is 53.5 Å². The molecule has 3 aromatic rings. The molecular formula is C20H21N3O2S. The molecule has 1 N–H and O–H groups in total. The molecule has 0 aliphatic rings. The van der Waals surface area contributed by atoms with E-state index in [2.05, 4.69) is 10.3 Å². The summed E-state index contributed by atoms with van der Waals surface area (Å²) < 4.78 is 3.00. The van der Waals surface area contributed by atoms with E-state index in [1.54, 1.807) is 0 Å². The van der Waals surface area contributed by atoms with E-state index in [0.29, 0.717) is 4.80 Å². The third-order valence-electron chi connectivity index (χ3n) is 4.17. The molecule has 0 saturated heterocycles. The Morgan fingerprint density at radius 3 is 2.50 bits per heavy atom. The first-order chi connectivity index (χ1) is 12.4. The highest BCUT2D eigenvalue weighted by molar-refractivity contribution is 7.16. The highest BCUT2D eigenvalue weighted by Crippen LogP contribution is 2.19. The molecule has 0 bridgehead atoms. The Labute approximate surface area is 156 Å². The van der Waals surface area contributed by atoms with Gasteiger partial charge in [-0.1, -0.05) is 53.3 Å². The lowest BCUT2D eigenvalue weighted by Crippen LogP contribution is -2.28. The average molecular weight is 367 g/mol. The van der Waals surface area contributed by atoms with Gasteiger partial charge in [0, 0.05) is 14.0 Å². The van der Waals surface area contributed by atoms with E-state index in [4.69, 9.17) is 0 Å². The van der Waals surface area contributed by atoms with Crippen LogP contribution in [0.3, 0.4) is 0 Å². The van der Waals surface area contributed by atoms with E-state index < -0.39 is 0 Å². The topological polar surface area (TPSA) is 63.5 Å². The first-order valence-electron chi connectivity index (χ1n) is 8.40. The number of para-hydroxylation sites is 1. The fourth-order valence-electron chi connectivity index (χ4n) is 2.81. The van der Waals surface area contributed by atoms with Gasteiger partial charge < -0.3 is 9.88 Å². The van der Waals surface area contributed by atoms with E-state index in [-0.39, 0.29) is 24.3 Å². The third-order valence-corrected chi connectivity index (χ3v) is 5.28. The molecular weight excluding hydrogens is 346 g/mol. The van der Waals surface area contributed by atoms with Crippen LogP contribution in [0.5, 0.6) is 0 Å². The van der Waals surface area contributed by atoms with E-state index in [1.165, 1.54) is 18.3 Å². The number of carbonyl (C=O) groups excluding carboxylic acids is 2. The van der Waals surface area contributed by atoms with Gasteiger partial charge in [0.1, 0.15) is 0 Å². The fourth-order valence-corrected chi connectivity index (χ4v) is 3.85. The minimum Gasteiger partial charge on any atom is -0.349 e. The maximum absolute atomic E-state index is 12.5. The van der Waals surface area contributed by atoms with E-state index in [1.807, 2.05) is 67.1 Å².